The number of hydrogen-bond acceptors (Lipinski definition) is 5. The zero-order valence-corrected chi connectivity index (χ0v) is 15.9. The maximum absolute atomic E-state index is 12.9. The standard InChI is InChI=1S/C21H24N4O2/c1-13-6-4-5-7-15(13)8-11-22-19(26)16-14(2)27-20-17(16)18(23-12-24-20)25-21(3)9-10-21/h4-7,12H,8-11H2,1-3H3,(H,22,26)(H,23,24,25). The molecule has 0 aliphatic heterocycles. The number of anilines is 1. The number of hydrogen-bond donors (Lipinski definition) is 2. The molecule has 1 fully saturated rings. The summed E-state index contributed by atoms with van der Waals surface area (Å²) >= 11 is 0. The fraction of sp³-hybridized carbons (Fsp3) is 0.381. The van der Waals surface area contributed by atoms with Crippen LogP contribution < -0.4 is 10.6 Å². The molecule has 0 unspecified atom stereocenters. The molecule has 1 saturated carbocycles. The zero-order valence-electron chi connectivity index (χ0n) is 15.9. The van der Waals surface area contributed by atoms with Gasteiger partial charge in [0, 0.05) is 12.1 Å². The van der Waals surface area contributed by atoms with Gasteiger partial charge in [-0.25, -0.2) is 9.97 Å². The Balaban J connectivity index is 1.56. The lowest BCUT2D eigenvalue weighted by Gasteiger charge is -2.13. The Labute approximate surface area is 158 Å². The fourth-order valence-electron chi connectivity index (χ4n) is 3.30. The Morgan fingerprint density at radius 1 is 1.22 bits per heavy atom. The number of amides is 1. The van der Waals surface area contributed by atoms with E-state index in [1.54, 1.807) is 6.92 Å². The molecule has 0 atom stereocenters. The van der Waals surface area contributed by atoms with Crippen LogP contribution in [0.1, 0.15) is 47.0 Å². The van der Waals surface area contributed by atoms with Crippen LogP contribution in [0.4, 0.5) is 5.82 Å². The Morgan fingerprint density at radius 3 is 2.74 bits per heavy atom. The molecule has 1 aliphatic carbocycles. The molecular weight excluding hydrogens is 340 g/mol. The van der Waals surface area contributed by atoms with Crippen LogP contribution in [0.25, 0.3) is 11.1 Å². The number of aromatic nitrogens is 2. The van der Waals surface area contributed by atoms with Gasteiger partial charge in [-0.05, 0) is 51.2 Å². The first-order valence-electron chi connectivity index (χ1n) is 9.32. The number of fused-ring (bicyclic) bond motifs is 1. The first-order valence-corrected chi connectivity index (χ1v) is 9.32. The Kier molecular flexibility index (Phi) is 4.34. The van der Waals surface area contributed by atoms with Gasteiger partial charge in [0.05, 0.1) is 10.9 Å². The largest absolute Gasteiger partial charge is 0.442 e. The number of aryl methyl sites for hydroxylation is 2. The van der Waals surface area contributed by atoms with E-state index in [-0.39, 0.29) is 11.4 Å². The van der Waals surface area contributed by atoms with Gasteiger partial charge in [-0.1, -0.05) is 24.3 Å². The summed E-state index contributed by atoms with van der Waals surface area (Å²) in [7, 11) is 0. The molecule has 0 bridgehead atoms. The highest BCUT2D eigenvalue weighted by molar-refractivity contribution is 6.10. The van der Waals surface area contributed by atoms with Crippen molar-refractivity contribution in [1.29, 1.82) is 0 Å². The molecule has 27 heavy (non-hydrogen) atoms. The highest BCUT2D eigenvalue weighted by atomic mass is 16.3. The Bertz CT molecular complexity index is 1000. The lowest BCUT2D eigenvalue weighted by atomic mass is 10.1. The molecule has 0 radical (unpaired) electrons. The molecule has 2 aromatic heterocycles. The summed E-state index contributed by atoms with van der Waals surface area (Å²) in [6.07, 6.45) is 4.44. The van der Waals surface area contributed by atoms with Crippen LogP contribution in [0, 0.1) is 13.8 Å². The smallest absolute Gasteiger partial charge is 0.255 e. The lowest BCUT2D eigenvalue weighted by Crippen LogP contribution is -2.26. The van der Waals surface area contributed by atoms with E-state index in [1.165, 1.54) is 17.5 Å². The minimum Gasteiger partial charge on any atom is -0.442 e. The van der Waals surface area contributed by atoms with Gasteiger partial charge >= 0.3 is 0 Å². The third-order valence-corrected chi connectivity index (χ3v) is 5.25. The minimum absolute atomic E-state index is 0.0467. The van der Waals surface area contributed by atoms with Crippen molar-refractivity contribution in [3.8, 4) is 0 Å². The van der Waals surface area contributed by atoms with Crippen LogP contribution in [0.15, 0.2) is 35.0 Å². The maximum Gasteiger partial charge on any atom is 0.255 e. The molecule has 6 heteroatoms. The maximum atomic E-state index is 12.9. The first-order chi connectivity index (χ1) is 13.0. The van der Waals surface area contributed by atoms with Gasteiger partial charge in [-0.15, -0.1) is 0 Å². The average molecular weight is 364 g/mol. The normalized spacial score (nSPS) is 14.9. The summed E-state index contributed by atoms with van der Waals surface area (Å²) < 4.78 is 5.73. The van der Waals surface area contributed by atoms with Crippen molar-refractivity contribution < 1.29 is 9.21 Å². The summed E-state index contributed by atoms with van der Waals surface area (Å²) in [4.78, 5) is 21.5. The van der Waals surface area contributed by atoms with Gasteiger partial charge in [-0.2, -0.15) is 0 Å². The van der Waals surface area contributed by atoms with E-state index in [1.807, 2.05) is 12.1 Å². The van der Waals surface area contributed by atoms with Crippen molar-refractivity contribution in [3.05, 3.63) is 53.0 Å². The fourth-order valence-corrected chi connectivity index (χ4v) is 3.30. The second-order valence-electron chi connectivity index (χ2n) is 7.55. The molecule has 1 aliphatic rings. The van der Waals surface area contributed by atoms with Crippen molar-refractivity contribution in [2.24, 2.45) is 0 Å². The van der Waals surface area contributed by atoms with Gasteiger partial charge in [0.15, 0.2) is 0 Å². The van der Waals surface area contributed by atoms with E-state index >= 15 is 0 Å². The highest BCUT2D eigenvalue weighted by Gasteiger charge is 2.38. The quantitative estimate of drug-likeness (QED) is 0.696. The van der Waals surface area contributed by atoms with Crippen LogP contribution in [-0.4, -0.2) is 28.0 Å². The predicted molar refractivity (Wildman–Crippen MR) is 105 cm³/mol. The zero-order chi connectivity index (χ0) is 19.0. The van der Waals surface area contributed by atoms with Crippen molar-refractivity contribution >= 4 is 22.8 Å². The Morgan fingerprint density at radius 2 is 2.00 bits per heavy atom. The van der Waals surface area contributed by atoms with Crippen molar-refractivity contribution in [1.82, 2.24) is 15.3 Å². The molecular formula is C21H24N4O2. The van der Waals surface area contributed by atoms with E-state index < -0.39 is 0 Å². The summed E-state index contributed by atoms with van der Waals surface area (Å²) in [5.74, 6) is 1.07. The highest BCUT2D eigenvalue weighted by Crippen LogP contribution is 2.40. The minimum atomic E-state index is -0.154. The molecule has 2 N–H and O–H groups in total. The molecule has 0 saturated heterocycles. The topological polar surface area (TPSA) is 80.1 Å². The van der Waals surface area contributed by atoms with Gasteiger partial charge in [0.1, 0.15) is 17.9 Å². The predicted octanol–water partition coefficient (Wildman–Crippen LogP) is 3.78. The number of carbonyl (C=O) groups excluding carboxylic acids is 1. The SMILES string of the molecule is Cc1ccccc1CCNC(=O)c1c(C)oc2ncnc(NC3(C)CC3)c12. The second kappa shape index (κ2) is 6.68. The van der Waals surface area contributed by atoms with Crippen LogP contribution in [0.3, 0.4) is 0 Å². The first kappa shape index (κ1) is 17.5. The molecule has 1 amide bonds. The number of benzene rings is 1. The van der Waals surface area contributed by atoms with Crippen molar-refractivity contribution in [2.45, 2.75) is 45.6 Å². The number of furan rings is 1. The number of rotatable bonds is 6. The summed E-state index contributed by atoms with van der Waals surface area (Å²) in [6, 6.07) is 8.21. The average Bonchev–Trinajstić information content (AvgIpc) is 3.25. The van der Waals surface area contributed by atoms with E-state index in [9.17, 15) is 4.79 Å². The Hall–Kier alpha value is -2.89. The molecule has 4 rings (SSSR count). The van der Waals surface area contributed by atoms with E-state index in [4.69, 9.17) is 4.42 Å². The third kappa shape index (κ3) is 3.52. The van der Waals surface area contributed by atoms with E-state index in [2.05, 4.69) is 46.6 Å². The second-order valence-corrected chi connectivity index (χ2v) is 7.55. The van der Waals surface area contributed by atoms with Gasteiger partial charge in [0.2, 0.25) is 5.71 Å². The number of nitrogens with one attached hydrogen (secondary N) is 2. The number of nitrogens with zero attached hydrogens (tertiary/aromatic N) is 2. The lowest BCUT2D eigenvalue weighted by molar-refractivity contribution is 0.0954. The molecule has 140 valence electrons. The molecule has 6 nitrogen and oxygen atoms in total. The summed E-state index contributed by atoms with van der Waals surface area (Å²) in [5, 5.41) is 7.12. The van der Waals surface area contributed by atoms with Crippen LogP contribution in [0.5, 0.6) is 0 Å². The van der Waals surface area contributed by atoms with E-state index in [0.29, 0.717) is 34.8 Å². The van der Waals surface area contributed by atoms with Crippen molar-refractivity contribution in [2.75, 3.05) is 11.9 Å². The van der Waals surface area contributed by atoms with Crippen LogP contribution in [0.2, 0.25) is 0 Å². The molecule has 0 spiro atoms. The summed E-state index contributed by atoms with van der Waals surface area (Å²) in [6.45, 7) is 6.58. The van der Waals surface area contributed by atoms with Gasteiger partial charge in [-0.3, -0.25) is 4.79 Å². The summed E-state index contributed by atoms with van der Waals surface area (Å²) in [5.41, 5.74) is 3.47. The molecule has 2 heterocycles. The van der Waals surface area contributed by atoms with Gasteiger partial charge in [0.25, 0.3) is 5.91 Å². The van der Waals surface area contributed by atoms with Crippen LogP contribution in [-0.2, 0) is 6.42 Å². The van der Waals surface area contributed by atoms with E-state index in [0.717, 1.165) is 19.3 Å². The van der Waals surface area contributed by atoms with Gasteiger partial charge < -0.3 is 15.1 Å². The van der Waals surface area contributed by atoms with Crippen LogP contribution >= 0.6 is 0 Å². The molecule has 3 aromatic rings. The van der Waals surface area contributed by atoms with Crippen molar-refractivity contribution in [3.63, 3.8) is 0 Å². The third-order valence-electron chi connectivity index (χ3n) is 5.25. The molecule has 1 aromatic carbocycles. The monoisotopic (exact) mass is 364 g/mol. The number of carbonyl (C=O) groups is 1.